The molecule has 128 valence electrons. The average Bonchev–Trinajstić information content (AvgIpc) is 3.10. The number of Topliss-reactive ketones (excluding diaryl/α,β-unsaturated/α-hetero) is 1. The quantitative estimate of drug-likeness (QED) is 0.534. The predicted molar refractivity (Wildman–Crippen MR) is 98.6 cm³/mol. The molecule has 0 unspecified atom stereocenters. The van der Waals surface area contributed by atoms with E-state index in [2.05, 4.69) is 10.1 Å². The van der Waals surface area contributed by atoms with E-state index in [9.17, 15) is 9.59 Å². The van der Waals surface area contributed by atoms with Gasteiger partial charge >= 0.3 is 0 Å². The smallest absolute Gasteiger partial charge is 0.264 e. The largest absolute Gasteiger partial charge is 0.292 e. The highest BCUT2D eigenvalue weighted by Crippen LogP contribution is 2.17. The summed E-state index contributed by atoms with van der Waals surface area (Å²) in [6.45, 7) is 1.92. The topological polar surface area (TPSA) is 69.8 Å². The van der Waals surface area contributed by atoms with Gasteiger partial charge in [-0.25, -0.2) is 9.67 Å². The summed E-state index contributed by atoms with van der Waals surface area (Å²) in [5.74, 6) is -0.139. The van der Waals surface area contributed by atoms with Gasteiger partial charge in [0.2, 0.25) is 0 Å². The van der Waals surface area contributed by atoms with Crippen molar-refractivity contribution in [1.29, 1.82) is 0 Å². The summed E-state index contributed by atoms with van der Waals surface area (Å²) >= 11 is 0. The van der Waals surface area contributed by atoms with Crippen molar-refractivity contribution in [3.8, 4) is 5.69 Å². The highest BCUT2D eigenvalue weighted by molar-refractivity contribution is 5.95. The van der Waals surface area contributed by atoms with Crippen molar-refractivity contribution in [2.45, 2.75) is 13.5 Å². The van der Waals surface area contributed by atoms with E-state index in [-0.39, 0.29) is 17.9 Å². The van der Waals surface area contributed by atoms with Gasteiger partial charge < -0.3 is 0 Å². The minimum Gasteiger partial charge on any atom is -0.292 e. The first-order valence-corrected chi connectivity index (χ1v) is 8.22. The third kappa shape index (κ3) is 2.71. The number of aryl methyl sites for hydroxylation is 1. The molecule has 6 nitrogen and oxygen atoms in total. The zero-order valence-corrected chi connectivity index (χ0v) is 14.2. The van der Waals surface area contributed by atoms with Crippen LogP contribution in [0.4, 0.5) is 0 Å². The number of benzene rings is 2. The lowest BCUT2D eigenvalue weighted by Gasteiger charge is -2.07. The van der Waals surface area contributed by atoms with Gasteiger partial charge in [0.25, 0.3) is 5.56 Å². The second kappa shape index (κ2) is 6.40. The Bertz CT molecular complexity index is 1160. The molecule has 0 bridgehead atoms. The Morgan fingerprint density at radius 2 is 1.77 bits per heavy atom. The monoisotopic (exact) mass is 344 g/mol. The third-order valence-electron chi connectivity index (χ3n) is 4.31. The van der Waals surface area contributed by atoms with Crippen molar-refractivity contribution in [3.05, 3.63) is 88.6 Å². The molecule has 0 radical (unpaired) electrons. The molecule has 26 heavy (non-hydrogen) atoms. The molecule has 4 aromatic rings. The molecular weight excluding hydrogens is 328 g/mol. The van der Waals surface area contributed by atoms with Crippen molar-refractivity contribution in [1.82, 2.24) is 19.3 Å². The van der Waals surface area contributed by atoms with Crippen LogP contribution in [0, 0.1) is 6.92 Å². The summed E-state index contributed by atoms with van der Waals surface area (Å²) in [7, 11) is 0. The van der Waals surface area contributed by atoms with Crippen molar-refractivity contribution in [2.75, 3.05) is 0 Å². The molecule has 0 aliphatic rings. The zero-order valence-electron chi connectivity index (χ0n) is 14.2. The van der Waals surface area contributed by atoms with Crippen molar-refractivity contribution in [3.63, 3.8) is 0 Å². The highest BCUT2D eigenvalue weighted by atomic mass is 16.1. The summed E-state index contributed by atoms with van der Waals surface area (Å²) < 4.78 is 2.97. The van der Waals surface area contributed by atoms with E-state index in [1.54, 1.807) is 28.9 Å². The Labute approximate surface area is 149 Å². The molecule has 2 heterocycles. The van der Waals surface area contributed by atoms with Gasteiger partial charge in [-0.05, 0) is 18.6 Å². The Morgan fingerprint density at radius 3 is 2.54 bits per heavy atom. The van der Waals surface area contributed by atoms with Crippen LogP contribution in [0.5, 0.6) is 0 Å². The van der Waals surface area contributed by atoms with Crippen LogP contribution in [0.2, 0.25) is 0 Å². The minimum atomic E-state index is -0.279. The van der Waals surface area contributed by atoms with Crippen LogP contribution in [0.1, 0.15) is 15.9 Å². The maximum atomic E-state index is 12.7. The van der Waals surface area contributed by atoms with Crippen LogP contribution >= 0.6 is 0 Å². The summed E-state index contributed by atoms with van der Waals surface area (Å²) in [5.41, 5.74) is 2.66. The number of rotatable bonds is 4. The fourth-order valence-corrected chi connectivity index (χ4v) is 2.91. The summed E-state index contributed by atoms with van der Waals surface area (Å²) in [6, 6.07) is 16.7. The van der Waals surface area contributed by atoms with Crippen molar-refractivity contribution < 1.29 is 4.79 Å². The van der Waals surface area contributed by atoms with Gasteiger partial charge in [-0.15, -0.1) is 0 Å². The van der Waals surface area contributed by atoms with Gasteiger partial charge in [-0.2, -0.15) is 5.10 Å². The molecule has 0 spiro atoms. The van der Waals surface area contributed by atoms with Crippen LogP contribution in [0.3, 0.4) is 0 Å². The van der Waals surface area contributed by atoms with Gasteiger partial charge in [-0.1, -0.05) is 48.5 Å². The number of carbonyl (C=O) groups excluding carboxylic acids is 1. The maximum absolute atomic E-state index is 12.7. The highest BCUT2D eigenvalue weighted by Gasteiger charge is 2.14. The molecule has 2 aromatic carbocycles. The molecule has 0 aliphatic heterocycles. The van der Waals surface area contributed by atoms with Gasteiger partial charge in [0.05, 0.1) is 18.4 Å². The molecule has 6 heteroatoms. The molecule has 0 aliphatic carbocycles. The van der Waals surface area contributed by atoms with Crippen LogP contribution < -0.4 is 5.56 Å². The van der Waals surface area contributed by atoms with Crippen LogP contribution in [-0.4, -0.2) is 25.1 Å². The molecule has 0 saturated carbocycles. The Hall–Kier alpha value is -3.54. The second-order valence-corrected chi connectivity index (χ2v) is 6.05. The first kappa shape index (κ1) is 16.0. The molecule has 0 saturated heterocycles. The van der Waals surface area contributed by atoms with Crippen LogP contribution in [0.25, 0.3) is 16.7 Å². The van der Waals surface area contributed by atoms with Crippen LogP contribution in [-0.2, 0) is 6.54 Å². The van der Waals surface area contributed by atoms with Crippen molar-refractivity contribution in [2.24, 2.45) is 0 Å². The first-order chi connectivity index (χ1) is 12.6. The lowest BCUT2D eigenvalue weighted by atomic mass is 10.1. The minimum absolute atomic E-state index is 0.0542. The summed E-state index contributed by atoms with van der Waals surface area (Å²) in [5, 5.41) is 4.71. The molecule has 0 amide bonds. The maximum Gasteiger partial charge on any atom is 0.264 e. The number of aromatic nitrogens is 4. The Kier molecular flexibility index (Phi) is 3.93. The lowest BCUT2D eigenvalue weighted by Crippen LogP contribution is -2.24. The standard InChI is InChI=1S/C20H16N4O2/c1-14-7-5-6-10-17(14)24-19-16(11-22-24)20(26)23(13-21-19)12-18(25)15-8-3-2-4-9-15/h2-11,13H,12H2,1H3. The number of hydrogen-bond acceptors (Lipinski definition) is 4. The number of para-hydroxylation sites is 1. The zero-order chi connectivity index (χ0) is 18.1. The first-order valence-electron chi connectivity index (χ1n) is 8.22. The summed E-state index contributed by atoms with van der Waals surface area (Å²) in [4.78, 5) is 29.5. The average molecular weight is 344 g/mol. The Balaban J connectivity index is 1.74. The molecule has 0 fully saturated rings. The number of carbonyl (C=O) groups is 1. The third-order valence-corrected chi connectivity index (χ3v) is 4.31. The van der Waals surface area contributed by atoms with E-state index in [1.807, 2.05) is 37.3 Å². The number of ketones is 1. The molecule has 2 aromatic heterocycles. The number of nitrogens with zero attached hydrogens (tertiary/aromatic N) is 4. The molecule has 0 N–H and O–H groups in total. The van der Waals surface area contributed by atoms with E-state index in [0.717, 1.165) is 11.3 Å². The number of hydrogen-bond donors (Lipinski definition) is 0. The second-order valence-electron chi connectivity index (χ2n) is 6.05. The van der Waals surface area contributed by atoms with Gasteiger partial charge in [0.1, 0.15) is 11.7 Å². The van der Waals surface area contributed by atoms with Crippen molar-refractivity contribution >= 4 is 16.8 Å². The molecular formula is C20H16N4O2. The van der Waals surface area contributed by atoms with Gasteiger partial charge in [-0.3, -0.25) is 14.2 Å². The van der Waals surface area contributed by atoms with E-state index in [1.165, 1.54) is 17.1 Å². The van der Waals surface area contributed by atoms with Gasteiger partial charge in [0.15, 0.2) is 11.4 Å². The van der Waals surface area contributed by atoms with Crippen LogP contribution in [0.15, 0.2) is 71.9 Å². The number of fused-ring (bicyclic) bond motifs is 1. The lowest BCUT2D eigenvalue weighted by molar-refractivity contribution is 0.0970. The van der Waals surface area contributed by atoms with E-state index < -0.39 is 0 Å². The summed E-state index contributed by atoms with van der Waals surface area (Å²) in [6.07, 6.45) is 2.91. The fourth-order valence-electron chi connectivity index (χ4n) is 2.91. The Morgan fingerprint density at radius 1 is 1.04 bits per heavy atom. The normalized spacial score (nSPS) is 11.0. The molecule has 0 atom stereocenters. The predicted octanol–water partition coefficient (Wildman–Crippen LogP) is 2.77. The fraction of sp³-hybridized carbons (Fsp3) is 0.100. The van der Waals surface area contributed by atoms with E-state index in [4.69, 9.17) is 0 Å². The molecule has 4 rings (SSSR count). The van der Waals surface area contributed by atoms with Gasteiger partial charge in [0, 0.05) is 5.56 Å². The SMILES string of the molecule is Cc1ccccc1-n1ncc2c(=O)n(CC(=O)c3ccccc3)cnc21. The van der Waals surface area contributed by atoms with E-state index in [0.29, 0.717) is 16.6 Å². The van der Waals surface area contributed by atoms with E-state index >= 15 is 0 Å².